The monoisotopic (exact) mass is 262 g/mol. The molecule has 2 atom stereocenters. The normalized spacial score (nSPS) is 23.2. The Bertz CT molecular complexity index is 420. The minimum absolute atomic E-state index is 0.0115. The van der Waals surface area contributed by atoms with Gasteiger partial charge < -0.3 is 15.0 Å². The van der Waals surface area contributed by atoms with E-state index in [9.17, 15) is 4.79 Å². The molecule has 1 aromatic rings. The first kappa shape index (κ1) is 13.9. The van der Waals surface area contributed by atoms with Gasteiger partial charge in [0.05, 0.1) is 12.2 Å². The van der Waals surface area contributed by atoms with Crippen LogP contribution in [0.4, 0.5) is 4.79 Å². The number of nitrogens with zero attached hydrogens (tertiary/aromatic N) is 1. The van der Waals surface area contributed by atoms with Crippen LogP contribution in [0, 0.1) is 6.92 Å². The molecule has 0 spiro atoms. The summed E-state index contributed by atoms with van der Waals surface area (Å²) in [6.45, 7) is 7.93. The number of nitrogens with one attached hydrogen (secondary N) is 1. The summed E-state index contributed by atoms with van der Waals surface area (Å²) < 4.78 is 5.62. The number of carbonyl (C=O) groups excluding carboxylic acids is 1. The number of hydrogen-bond acceptors (Lipinski definition) is 2. The van der Waals surface area contributed by atoms with Gasteiger partial charge in [0, 0.05) is 19.6 Å². The number of amides is 2. The smallest absolute Gasteiger partial charge is 0.317 e. The molecule has 0 bridgehead atoms. The molecule has 0 aliphatic carbocycles. The summed E-state index contributed by atoms with van der Waals surface area (Å²) in [7, 11) is 0. The molecule has 0 saturated carbocycles. The van der Waals surface area contributed by atoms with E-state index in [0.29, 0.717) is 19.6 Å². The third-order valence-electron chi connectivity index (χ3n) is 3.27. The van der Waals surface area contributed by atoms with Crippen molar-refractivity contribution >= 4 is 6.03 Å². The van der Waals surface area contributed by atoms with Crippen LogP contribution in [-0.4, -0.2) is 36.2 Å². The zero-order chi connectivity index (χ0) is 13.8. The molecular formula is C15H22N2O2. The topological polar surface area (TPSA) is 41.6 Å². The molecule has 4 heteroatoms. The van der Waals surface area contributed by atoms with Crippen LogP contribution in [0.1, 0.15) is 25.0 Å². The first-order chi connectivity index (χ1) is 9.04. The van der Waals surface area contributed by atoms with Gasteiger partial charge >= 0.3 is 6.03 Å². The number of ether oxygens (including phenoxy) is 1. The highest BCUT2D eigenvalue weighted by atomic mass is 16.5. The summed E-state index contributed by atoms with van der Waals surface area (Å²) in [6, 6.07) is 8.18. The van der Waals surface area contributed by atoms with Gasteiger partial charge in [-0.15, -0.1) is 0 Å². The molecule has 1 N–H and O–H groups in total. The largest absolute Gasteiger partial charge is 0.372 e. The molecule has 4 nitrogen and oxygen atoms in total. The Morgan fingerprint density at radius 2 is 1.84 bits per heavy atom. The molecule has 1 heterocycles. The minimum Gasteiger partial charge on any atom is -0.372 e. The van der Waals surface area contributed by atoms with Crippen LogP contribution in [-0.2, 0) is 11.3 Å². The van der Waals surface area contributed by atoms with E-state index in [4.69, 9.17) is 4.74 Å². The maximum Gasteiger partial charge on any atom is 0.317 e. The van der Waals surface area contributed by atoms with E-state index >= 15 is 0 Å². The number of benzene rings is 1. The average Bonchev–Trinajstić information content (AvgIpc) is 2.36. The lowest BCUT2D eigenvalue weighted by atomic mass is 10.1. The number of rotatable bonds is 2. The van der Waals surface area contributed by atoms with Crippen LogP contribution in [0.5, 0.6) is 0 Å². The first-order valence-electron chi connectivity index (χ1n) is 6.78. The number of hydrogen-bond donors (Lipinski definition) is 1. The quantitative estimate of drug-likeness (QED) is 0.888. The van der Waals surface area contributed by atoms with Gasteiger partial charge in [0.1, 0.15) is 0 Å². The Morgan fingerprint density at radius 1 is 1.26 bits per heavy atom. The van der Waals surface area contributed by atoms with Crippen molar-refractivity contribution in [2.45, 2.75) is 39.5 Å². The van der Waals surface area contributed by atoms with Gasteiger partial charge in [-0.05, 0) is 26.3 Å². The van der Waals surface area contributed by atoms with Crippen LogP contribution in [0.25, 0.3) is 0 Å². The van der Waals surface area contributed by atoms with Gasteiger partial charge in [-0.2, -0.15) is 0 Å². The van der Waals surface area contributed by atoms with Crippen molar-refractivity contribution in [2.75, 3.05) is 13.1 Å². The van der Waals surface area contributed by atoms with Crippen molar-refractivity contribution in [3.05, 3.63) is 35.4 Å². The SMILES string of the molecule is Cc1ccc(CNC(=O)N2C[C@@H](C)O[C@@H](C)C2)cc1. The zero-order valence-corrected chi connectivity index (χ0v) is 11.8. The van der Waals surface area contributed by atoms with Crippen LogP contribution in [0.2, 0.25) is 0 Å². The average molecular weight is 262 g/mol. The summed E-state index contributed by atoms with van der Waals surface area (Å²) in [4.78, 5) is 13.9. The van der Waals surface area contributed by atoms with Crippen molar-refractivity contribution in [3.8, 4) is 0 Å². The molecule has 0 unspecified atom stereocenters. The predicted octanol–water partition coefficient (Wildman–Crippen LogP) is 2.31. The number of morpholine rings is 1. The molecule has 1 aromatic carbocycles. The molecule has 1 saturated heterocycles. The van der Waals surface area contributed by atoms with Crippen molar-refractivity contribution < 1.29 is 9.53 Å². The maximum absolute atomic E-state index is 12.1. The van der Waals surface area contributed by atoms with E-state index in [-0.39, 0.29) is 18.2 Å². The number of aryl methyl sites for hydroxylation is 1. The molecule has 2 rings (SSSR count). The van der Waals surface area contributed by atoms with Gasteiger partial charge in [0.25, 0.3) is 0 Å². The fraction of sp³-hybridized carbons (Fsp3) is 0.533. The Kier molecular flexibility index (Phi) is 4.43. The molecule has 0 radical (unpaired) electrons. The summed E-state index contributed by atoms with van der Waals surface area (Å²) in [6.07, 6.45) is 0.211. The van der Waals surface area contributed by atoms with E-state index in [0.717, 1.165) is 5.56 Å². The molecule has 1 aliphatic heterocycles. The summed E-state index contributed by atoms with van der Waals surface area (Å²) in [5.41, 5.74) is 2.35. The van der Waals surface area contributed by atoms with Crippen molar-refractivity contribution in [1.82, 2.24) is 10.2 Å². The predicted molar refractivity (Wildman–Crippen MR) is 75.0 cm³/mol. The fourth-order valence-electron chi connectivity index (χ4n) is 2.34. The van der Waals surface area contributed by atoms with Crippen molar-refractivity contribution in [1.29, 1.82) is 0 Å². The second-order valence-electron chi connectivity index (χ2n) is 5.31. The molecule has 104 valence electrons. The van der Waals surface area contributed by atoms with Crippen LogP contribution < -0.4 is 5.32 Å². The van der Waals surface area contributed by atoms with Gasteiger partial charge in [-0.3, -0.25) is 0 Å². The van der Waals surface area contributed by atoms with Crippen LogP contribution in [0.15, 0.2) is 24.3 Å². The lowest BCUT2D eigenvalue weighted by Gasteiger charge is -2.35. The van der Waals surface area contributed by atoms with E-state index in [1.807, 2.05) is 30.9 Å². The standard InChI is InChI=1S/C15H22N2O2/c1-11-4-6-14(7-5-11)8-16-15(18)17-9-12(2)19-13(3)10-17/h4-7,12-13H,8-10H2,1-3H3,(H,16,18)/t12-,13+. The second-order valence-corrected chi connectivity index (χ2v) is 5.31. The lowest BCUT2D eigenvalue weighted by Crippen LogP contribution is -2.51. The Morgan fingerprint density at radius 3 is 2.42 bits per heavy atom. The van der Waals surface area contributed by atoms with E-state index in [1.54, 1.807) is 0 Å². The highest BCUT2D eigenvalue weighted by molar-refractivity contribution is 5.74. The summed E-state index contributed by atoms with van der Waals surface area (Å²) >= 11 is 0. The highest BCUT2D eigenvalue weighted by Gasteiger charge is 2.25. The molecule has 1 fully saturated rings. The zero-order valence-electron chi connectivity index (χ0n) is 11.8. The van der Waals surface area contributed by atoms with Gasteiger partial charge in [-0.25, -0.2) is 4.79 Å². The van der Waals surface area contributed by atoms with E-state index in [2.05, 4.69) is 24.4 Å². The van der Waals surface area contributed by atoms with Crippen molar-refractivity contribution in [3.63, 3.8) is 0 Å². The highest BCUT2D eigenvalue weighted by Crippen LogP contribution is 2.11. The van der Waals surface area contributed by atoms with E-state index < -0.39 is 0 Å². The third-order valence-corrected chi connectivity index (χ3v) is 3.27. The van der Waals surface area contributed by atoms with Gasteiger partial charge in [0.2, 0.25) is 0 Å². The van der Waals surface area contributed by atoms with E-state index in [1.165, 1.54) is 5.56 Å². The van der Waals surface area contributed by atoms with Gasteiger partial charge in [0.15, 0.2) is 0 Å². The minimum atomic E-state index is -0.0115. The first-order valence-corrected chi connectivity index (χ1v) is 6.78. The molecule has 2 amide bonds. The molecule has 0 aromatic heterocycles. The Labute approximate surface area is 114 Å². The van der Waals surface area contributed by atoms with Crippen LogP contribution in [0.3, 0.4) is 0 Å². The van der Waals surface area contributed by atoms with Gasteiger partial charge in [-0.1, -0.05) is 29.8 Å². The number of carbonyl (C=O) groups is 1. The third kappa shape index (κ3) is 3.96. The molecule has 19 heavy (non-hydrogen) atoms. The van der Waals surface area contributed by atoms with Crippen LogP contribution >= 0.6 is 0 Å². The maximum atomic E-state index is 12.1. The second kappa shape index (κ2) is 6.06. The Balaban J connectivity index is 1.85. The Hall–Kier alpha value is -1.55. The van der Waals surface area contributed by atoms with Crippen molar-refractivity contribution in [2.24, 2.45) is 0 Å². The number of urea groups is 1. The summed E-state index contributed by atoms with van der Waals surface area (Å²) in [5, 5.41) is 2.96. The fourth-order valence-corrected chi connectivity index (χ4v) is 2.34. The molecule has 1 aliphatic rings. The molecular weight excluding hydrogens is 240 g/mol. The summed E-state index contributed by atoms with van der Waals surface area (Å²) in [5.74, 6) is 0. The lowest BCUT2D eigenvalue weighted by molar-refractivity contribution is -0.0545.